The van der Waals surface area contributed by atoms with Crippen molar-refractivity contribution in [2.24, 2.45) is 0 Å². The van der Waals surface area contributed by atoms with Gasteiger partial charge in [-0.05, 0) is 19.9 Å². The Morgan fingerprint density at radius 1 is 1.68 bits per heavy atom. The van der Waals surface area contributed by atoms with Gasteiger partial charge in [-0.15, -0.1) is 0 Å². The molecule has 5 nitrogen and oxygen atoms in total. The van der Waals surface area contributed by atoms with E-state index < -0.39 is 0 Å². The van der Waals surface area contributed by atoms with Crippen molar-refractivity contribution in [1.82, 2.24) is 9.88 Å². The molecule has 0 aromatic carbocycles. The number of hydrogen-bond acceptors (Lipinski definition) is 4. The maximum absolute atomic E-state index is 12.3. The van der Waals surface area contributed by atoms with Gasteiger partial charge < -0.3 is 15.0 Å². The third-order valence-corrected chi connectivity index (χ3v) is 3.25. The smallest absolute Gasteiger partial charge is 0.255 e. The van der Waals surface area contributed by atoms with Crippen LogP contribution in [0.4, 0.5) is 5.82 Å². The number of anilines is 1. The monoisotopic (exact) mass is 283 g/mol. The Hall–Kier alpha value is -1.33. The Labute approximate surface area is 117 Å². The number of carbonyl (C=O) groups is 1. The molecular formula is C13H18ClN3O2. The highest BCUT2D eigenvalue weighted by molar-refractivity contribution is 6.33. The second-order valence-corrected chi connectivity index (χ2v) is 4.92. The Bertz CT molecular complexity index is 467. The summed E-state index contributed by atoms with van der Waals surface area (Å²) >= 11 is 6.10. The van der Waals surface area contributed by atoms with E-state index in [-0.39, 0.29) is 12.0 Å². The van der Waals surface area contributed by atoms with Crippen LogP contribution in [0.2, 0.25) is 5.02 Å². The first-order valence-electron chi connectivity index (χ1n) is 6.42. The molecule has 19 heavy (non-hydrogen) atoms. The lowest BCUT2D eigenvalue weighted by atomic mass is 10.2. The summed E-state index contributed by atoms with van der Waals surface area (Å²) in [6.45, 7) is 6.44. The summed E-state index contributed by atoms with van der Waals surface area (Å²) < 4.78 is 5.42. The van der Waals surface area contributed by atoms with Gasteiger partial charge in [0.15, 0.2) is 0 Å². The van der Waals surface area contributed by atoms with E-state index in [1.807, 2.05) is 13.8 Å². The highest BCUT2D eigenvalue weighted by Gasteiger charge is 2.23. The first-order valence-corrected chi connectivity index (χ1v) is 6.80. The van der Waals surface area contributed by atoms with Crippen LogP contribution in [0, 0.1) is 0 Å². The third-order valence-electron chi connectivity index (χ3n) is 2.96. The van der Waals surface area contributed by atoms with Crippen LogP contribution >= 0.6 is 11.6 Å². The minimum absolute atomic E-state index is 0.0485. The van der Waals surface area contributed by atoms with Crippen molar-refractivity contribution >= 4 is 23.3 Å². The molecule has 1 N–H and O–H groups in total. The van der Waals surface area contributed by atoms with Crippen LogP contribution in [0.1, 0.15) is 24.2 Å². The molecule has 0 spiro atoms. The molecule has 1 amide bonds. The maximum atomic E-state index is 12.3. The summed E-state index contributed by atoms with van der Waals surface area (Å²) in [5, 5.41) is 3.51. The molecule has 1 fully saturated rings. The van der Waals surface area contributed by atoms with Crippen LogP contribution in [0.15, 0.2) is 12.3 Å². The molecule has 1 aliphatic rings. The van der Waals surface area contributed by atoms with E-state index in [0.717, 1.165) is 6.54 Å². The van der Waals surface area contributed by atoms with E-state index in [1.54, 1.807) is 17.2 Å². The highest BCUT2D eigenvalue weighted by Crippen LogP contribution is 2.21. The number of halogens is 1. The van der Waals surface area contributed by atoms with Gasteiger partial charge in [0.2, 0.25) is 0 Å². The lowest BCUT2D eigenvalue weighted by Crippen LogP contribution is -2.44. The number of rotatable bonds is 3. The van der Waals surface area contributed by atoms with E-state index in [2.05, 4.69) is 10.3 Å². The van der Waals surface area contributed by atoms with Crippen LogP contribution in [0.5, 0.6) is 0 Å². The van der Waals surface area contributed by atoms with Crippen LogP contribution in [-0.2, 0) is 4.74 Å². The first kappa shape index (κ1) is 14.1. The van der Waals surface area contributed by atoms with Crippen LogP contribution < -0.4 is 5.32 Å². The molecular weight excluding hydrogens is 266 g/mol. The fraction of sp³-hybridized carbons (Fsp3) is 0.538. The van der Waals surface area contributed by atoms with Crippen molar-refractivity contribution in [3.63, 3.8) is 0 Å². The molecule has 104 valence electrons. The van der Waals surface area contributed by atoms with Gasteiger partial charge >= 0.3 is 0 Å². The van der Waals surface area contributed by atoms with Crippen LogP contribution in [0.25, 0.3) is 0 Å². The molecule has 0 aliphatic carbocycles. The average molecular weight is 284 g/mol. The Morgan fingerprint density at radius 2 is 2.47 bits per heavy atom. The number of ether oxygens (including phenoxy) is 1. The SMILES string of the molecule is CCNc1ncc(C(=O)N2CCOC(C)C2)cc1Cl. The number of morpholine rings is 1. The zero-order chi connectivity index (χ0) is 13.8. The first-order chi connectivity index (χ1) is 9.11. The van der Waals surface area contributed by atoms with Crippen molar-refractivity contribution in [2.45, 2.75) is 20.0 Å². The van der Waals surface area contributed by atoms with Gasteiger partial charge in [0.1, 0.15) is 5.82 Å². The van der Waals surface area contributed by atoms with E-state index in [4.69, 9.17) is 16.3 Å². The van der Waals surface area contributed by atoms with E-state index in [0.29, 0.717) is 36.1 Å². The molecule has 1 aromatic heterocycles. The second-order valence-electron chi connectivity index (χ2n) is 4.52. The topological polar surface area (TPSA) is 54.5 Å². The number of amides is 1. The van der Waals surface area contributed by atoms with Gasteiger partial charge in [0.05, 0.1) is 23.3 Å². The molecule has 1 aliphatic heterocycles. The second kappa shape index (κ2) is 6.21. The molecule has 1 saturated heterocycles. The largest absolute Gasteiger partial charge is 0.375 e. The summed E-state index contributed by atoms with van der Waals surface area (Å²) in [7, 11) is 0. The number of nitrogens with one attached hydrogen (secondary N) is 1. The molecule has 6 heteroatoms. The molecule has 2 rings (SSSR count). The van der Waals surface area contributed by atoms with Crippen molar-refractivity contribution in [1.29, 1.82) is 0 Å². The standard InChI is InChI=1S/C13H18ClN3O2/c1-3-15-12-11(14)6-10(7-16-12)13(18)17-4-5-19-9(2)8-17/h6-7,9H,3-5,8H2,1-2H3,(H,15,16). The summed E-state index contributed by atoms with van der Waals surface area (Å²) in [6.07, 6.45) is 1.63. The molecule has 0 saturated carbocycles. The number of pyridine rings is 1. The number of hydrogen-bond donors (Lipinski definition) is 1. The Balaban J connectivity index is 2.12. The van der Waals surface area contributed by atoms with E-state index in [1.165, 1.54) is 0 Å². The molecule has 0 radical (unpaired) electrons. The third kappa shape index (κ3) is 3.36. The fourth-order valence-corrected chi connectivity index (χ4v) is 2.27. The van der Waals surface area contributed by atoms with Crippen molar-refractivity contribution in [2.75, 3.05) is 31.6 Å². The van der Waals surface area contributed by atoms with Gasteiger partial charge in [0.25, 0.3) is 5.91 Å². The maximum Gasteiger partial charge on any atom is 0.255 e. The zero-order valence-corrected chi connectivity index (χ0v) is 11.9. The molecule has 2 heterocycles. The van der Waals surface area contributed by atoms with Gasteiger partial charge in [0, 0.05) is 25.8 Å². The number of aromatic nitrogens is 1. The summed E-state index contributed by atoms with van der Waals surface area (Å²) in [4.78, 5) is 18.3. The number of carbonyl (C=O) groups excluding carboxylic acids is 1. The quantitative estimate of drug-likeness (QED) is 0.922. The molecule has 1 unspecified atom stereocenters. The Morgan fingerprint density at radius 3 is 3.11 bits per heavy atom. The average Bonchev–Trinajstić information content (AvgIpc) is 2.40. The summed E-state index contributed by atoms with van der Waals surface area (Å²) in [5.41, 5.74) is 0.515. The van der Waals surface area contributed by atoms with Gasteiger partial charge in [-0.1, -0.05) is 11.6 Å². The summed E-state index contributed by atoms with van der Waals surface area (Å²) in [5.74, 6) is 0.559. The Kier molecular flexibility index (Phi) is 4.61. The minimum atomic E-state index is -0.0485. The zero-order valence-electron chi connectivity index (χ0n) is 11.1. The van der Waals surface area contributed by atoms with Crippen molar-refractivity contribution in [3.8, 4) is 0 Å². The van der Waals surface area contributed by atoms with Crippen LogP contribution in [0.3, 0.4) is 0 Å². The fourth-order valence-electron chi connectivity index (χ4n) is 2.04. The van der Waals surface area contributed by atoms with Crippen LogP contribution in [-0.4, -0.2) is 48.1 Å². The number of nitrogens with zero attached hydrogens (tertiary/aromatic N) is 2. The lowest BCUT2D eigenvalue weighted by molar-refractivity contribution is -0.0124. The normalized spacial score (nSPS) is 19.3. The van der Waals surface area contributed by atoms with E-state index in [9.17, 15) is 4.79 Å². The predicted molar refractivity (Wildman–Crippen MR) is 74.7 cm³/mol. The highest BCUT2D eigenvalue weighted by atomic mass is 35.5. The van der Waals surface area contributed by atoms with Gasteiger partial charge in [-0.25, -0.2) is 4.98 Å². The molecule has 1 aromatic rings. The lowest BCUT2D eigenvalue weighted by Gasteiger charge is -2.31. The van der Waals surface area contributed by atoms with Gasteiger partial charge in [-0.2, -0.15) is 0 Å². The summed E-state index contributed by atoms with van der Waals surface area (Å²) in [6, 6.07) is 1.66. The van der Waals surface area contributed by atoms with Gasteiger partial charge in [-0.3, -0.25) is 4.79 Å². The molecule has 0 bridgehead atoms. The predicted octanol–water partition coefficient (Wildman–Crippen LogP) is 2.03. The van der Waals surface area contributed by atoms with E-state index >= 15 is 0 Å². The van der Waals surface area contributed by atoms with Crippen molar-refractivity contribution in [3.05, 3.63) is 22.8 Å². The van der Waals surface area contributed by atoms with Crippen molar-refractivity contribution < 1.29 is 9.53 Å². The minimum Gasteiger partial charge on any atom is -0.375 e. The molecule has 1 atom stereocenters.